The van der Waals surface area contributed by atoms with Crippen molar-refractivity contribution in [3.05, 3.63) is 0 Å². The fourth-order valence-corrected chi connectivity index (χ4v) is 4.49. The number of hydrogen-bond acceptors (Lipinski definition) is 4. The minimum absolute atomic E-state index is 0.0474. The van der Waals surface area contributed by atoms with Gasteiger partial charge < -0.3 is 8.85 Å². The summed E-state index contributed by atoms with van der Waals surface area (Å²) >= 11 is 0. The molecule has 0 aromatic rings. The molecule has 2 N–H and O–H groups in total. The van der Waals surface area contributed by atoms with Gasteiger partial charge in [-0.3, -0.25) is 9.96 Å². The maximum atomic E-state index is 5.97. The predicted octanol–water partition coefficient (Wildman–Crippen LogP) is 2.27. The highest BCUT2D eigenvalue weighted by Crippen LogP contribution is 2.12. The summed E-state index contributed by atoms with van der Waals surface area (Å²) in [5.41, 5.74) is -0.0948. The Morgan fingerprint density at radius 2 is 1.35 bits per heavy atom. The van der Waals surface area contributed by atoms with E-state index in [4.69, 9.17) is 8.85 Å². The van der Waals surface area contributed by atoms with E-state index in [-0.39, 0.29) is 11.1 Å². The van der Waals surface area contributed by atoms with Crippen LogP contribution in [0.1, 0.15) is 54.9 Å². The van der Waals surface area contributed by atoms with Gasteiger partial charge in [0.25, 0.3) is 0 Å². The average molecular weight is 262 g/mol. The Morgan fingerprint density at radius 3 is 1.59 bits per heavy atom. The van der Waals surface area contributed by atoms with Crippen LogP contribution in [0.5, 0.6) is 0 Å². The third-order valence-electron chi connectivity index (χ3n) is 1.88. The molecule has 0 bridgehead atoms. The molecule has 0 aliphatic carbocycles. The standard InChI is InChI=1S/C12H30N2O2Si/c1-9-10-16-17(15-8,13-11(2,3)4)14-12(5,6)7/h13-14H,9-10H2,1-8H3. The van der Waals surface area contributed by atoms with Crippen molar-refractivity contribution in [2.24, 2.45) is 0 Å². The first-order valence-corrected chi connectivity index (χ1v) is 8.13. The molecule has 0 fully saturated rings. The second-order valence-electron chi connectivity index (χ2n) is 6.42. The van der Waals surface area contributed by atoms with Crippen LogP contribution in [0, 0.1) is 0 Å². The van der Waals surface area contributed by atoms with Gasteiger partial charge in [-0.15, -0.1) is 0 Å². The molecule has 0 aromatic heterocycles. The van der Waals surface area contributed by atoms with Crippen molar-refractivity contribution in [3.8, 4) is 0 Å². The van der Waals surface area contributed by atoms with Crippen LogP contribution in [0.15, 0.2) is 0 Å². The van der Waals surface area contributed by atoms with Crippen molar-refractivity contribution in [1.29, 1.82) is 0 Å². The second-order valence-corrected chi connectivity index (χ2v) is 8.85. The van der Waals surface area contributed by atoms with Crippen molar-refractivity contribution in [2.45, 2.75) is 66.0 Å². The second kappa shape index (κ2) is 6.29. The van der Waals surface area contributed by atoms with Crippen LogP contribution in [0.3, 0.4) is 0 Å². The molecule has 0 radical (unpaired) electrons. The molecule has 104 valence electrons. The van der Waals surface area contributed by atoms with Gasteiger partial charge in [-0.25, -0.2) is 0 Å². The third-order valence-corrected chi connectivity index (χ3v) is 5.22. The molecule has 4 nitrogen and oxygen atoms in total. The zero-order valence-electron chi connectivity index (χ0n) is 12.7. The van der Waals surface area contributed by atoms with Gasteiger partial charge in [0.05, 0.1) is 0 Å². The Bertz CT molecular complexity index is 206. The van der Waals surface area contributed by atoms with E-state index in [0.717, 1.165) is 6.42 Å². The van der Waals surface area contributed by atoms with Gasteiger partial charge in [0.2, 0.25) is 0 Å². The first kappa shape index (κ1) is 17.1. The van der Waals surface area contributed by atoms with E-state index in [1.165, 1.54) is 0 Å². The quantitative estimate of drug-likeness (QED) is 0.721. The van der Waals surface area contributed by atoms with Gasteiger partial charge in [0.15, 0.2) is 0 Å². The molecule has 17 heavy (non-hydrogen) atoms. The van der Waals surface area contributed by atoms with Crippen molar-refractivity contribution >= 4 is 8.88 Å². The molecule has 0 unspecified atom stereocenters. The number of nitrogens with one attached hydrogen (secondary N) is 2. The summed E-state index contributed by atoms with van der Waals surface area (Å²) in [5.74, 6) is 0. The van der Waals surface area contributed by atoms with Crippen molar-refractivity contribution in [2.75, 3.05) is 13.7 Å². The normalized spacial score (nSPS) is 14.1. The lowest BCUT2D eigenvalue weighted by Gasteiger charge is -2.39. The summed E-state index contributed by atoms with van der Waals surface area (Å²) in [7, 11) is -0.854. The fourth-order valence-electron chi connectivity index (χ4n) is 1.50. The van der Waals surface area contributed by atoms with Crippen LogP contribution < -0.4 is 9.96 Å². The fraction of sp³-hybridized carbons (Fsp3) is 1.00. The van der Waals surface area contributed by atoms with Crippen LogP contribution >= 0.6 is 0 Å². The monoisotopic (exact) mass is 262 g/mol. The van der Waals surface area contributed by atoms with E-state index >= 15 is 0 Å². The van der Waals surface area contributed by atoms with Crippen LogP contribution in [-0.4, -0.2) is 33.7 Å². The molecule has 0 aromatic carbocycles. The average Bonchev–Trinajstić information content (AvgIpc) is 2.09. The minimum atomic E-state index is -2.56. The van der Waals surface area contributed by atoms with Crippen LogP contribution in [0.2, 0.25) is 0 Å². The first-order valence-electron chi connectivity index (χ1n) is 6.31. The van der Waals surface area contributed by atoms with Crippen LogP contribution in [0.25, 0.3) is 0 Å². The van der Waals surface area contributed by atoms with Crippen molar-refractivity contribution in [1.82, 2.24) is 9.96 Å². The van der Waals surface area contributed by atoms with E-state index < -0.39 is 8.88 Å². The predicted molar refractivity (Wildman–Crippen MR) is 74.8 cm³/mol. The number of hydrogen-bond donors (Lipinski definition) is 2. The summed E-state index contributed by atoms with van der Waals surface area (Å²) in [5, 5.41) is 0. The van der Waals surface area contributed by atoms with Gasteiger partial charge in [-0.2, -0.15) is 0 Å². The maximum absolute atomic E-state index is 5.97. The molecule has 0 saturated heterocycles. The molecule has 0 aliphatic rings. The third kappa shape index (κ3) is 7.89. The summed E-state index contributed by atoms with van der Waals surface area (Å²) in [4.78, 5) is 6.99. The smallest absolute Gasteiger partial charge is 0.374 e. The lowest BCUT2D eigenvalue weighted by atomic mass is 10.1. The van der Waals surface area contributed by atoms with Crippen molar-refractivity contribution < 1.29 is 8.85 Å². The summed E-state index contributed by atoms with van der Waals surface area (Å²) in [6.07, 6.45) is 0.982. The topological polar surface area (TPSA) is 42.5 Å². The summed E-state index contributed by atoms with van der Waals surface area (Å²) < 4.78 is 11.7. The maximum Gasteiger partial charge on any atom is 0.517 e. The molecular formula is C12H30N2O2Si. The zero-order chi connectivity index (χ0) is 13.7. The van der Waals surface area contributed by atoms with Gasteiger partial charge >= 0.3 is 8.88 Å². The van der Waals surface area contributed by atoms with Crippen molar-refractivity contribution in [3.63, 3.8) is 0 Å². The molecule has 0 spiro atoms. The first-order chi connectivity index (χ1) is 7.54. The highest BCUT2D eigenvalue weighted by Gasteiger charge is 2.44. The van der Waals surface area contributed by atoms with E-state index in [1.807, 2.05) is 0 Å². The zero-order valence-corrected chi connectivity index (χ0v) is 13.7. The van der Waals surface area contributed by atoms with Crippen LogP contribution in [-0.2, 0) is 8.85 Å². The minimum Gasteiger partial charge on any atom is -0.374 e. The van der Waals surface area contributed by atoms with E-state index in [0.29, 0.717) is 6.61 Å². The Labute approximate surface area is 108 Å². The van der Waals surface area contributed by atoms with Gasteiger partial charge in [0.1, 0.15) is 0 Å². The molecule has 5 heteroatoms. The Kier molecular flexibility index (Phi) is 6.31. The highest BCUT2D eigenvalue weighted by molar-refractivity contribution is 6.62. The molecule has 0 heterocycles. The molecule has 0 amide bonds. The lowest BCUT2D eigenvalue weighted by Crippen LogP contribution is -2.74. The molecule has 0 rings (SSSR count). The van der Waals surface area contributed by atoms with E-state index in [1.54, 1.807) is 7.11 Å². The van der Waals surface area contributed by atoms with E-state index in [2.05, 4.69) is 58.4 Å². The Hall–Kier alpha value is 0.0569. The largest absolute Gasteiger partial charge is 0.517 e. The molecule has 0 atom stereocenters. The number of rotatable bonds is 6. The summed E-state index contributed by atoms with van der Waals surface area (Å²) in [6, 6.07) is 0. The van der Waals surface area contributed by atoms with Gasteiger partial charge in [0, 0.05) is 24.8 Å². The molecule has 0 aliphatic heterocycles. The Morgan fingerprint density at radius 1 is 0.941 bits per heavy atom. The Balaban J connectivity index is 4.87. The summed E-state index contributed by atoms with van der Waals surface area (Å²) in [6.45, 7) is 15.5. The van der Waals surface area contributed by atoms with Gasteiger partial charge in [-0.05, 0) is 48.0 Å². The van der Waals surface area contributed by atoms with Gasteiger partial charge in [-0.1, -0.05) is 6.92 Å². The molecular weight excluding hydrogens is 232 g/mol. The van der Waals surface area contributed by atoms with E-state index in [9.17, 15) is 0 Å². The molecule has 0 saturated carbocycles. The highest BCUT2D eigenvalue weighted by atomic mass is 28.4. The lowest BCUT2D eigenvalue weighted by molar-refractivity contribution is 0.152. The van der Waals surface area contributed by atoms with Crippen LogP contribution in [0.4, 0.5) is 0 Å². The SMILES string of the molecule is CCCO[Si](NC(C)(C)C)(NC(C)(C)C)OC.